The molecule has 0 aromatic rings. The quantitative estimate of drug-likeness (QED) is 0.622. The maximum atomic E-state index is 11.6. The van der Waals surface area contributed by atoms with Gasteiger partial charge in [-0.25, -0.2) is 0 Å². The van der Waals surface area contributed by atoms with Crippen LogP contribution >= 0.6 is 0 Å². The Morgan fingerprint density at radius 2 is 2.00 bits per heavy atom. The van der Waals surface area contributed by atoms with Crippen molar-refractivity contribution in [2.24, 2.45) is 5.73 Å². The second-order valence-electron chi connectivity index (χ2n) is 3.81. The third-order valence-corrected chi connectivity index (χ3v) is 2.45. The van der Waals surface area contributed by atoms with Gasteiger partial charge in [0.1, 0.15) is 0 Å². The van der Waals surface area contributed by atoms with E-state index in [1.807, 2.05) is 17.9 Å². The number of nitriles is 1. The molecule has 0 rings (SSSR count). The van der Waals surface area contributed by atoms with Gasteiger partial charge in [0.15, 0.2) is 0 Å². The van der Waals surface area contributed by atoms with Crippen molar-refractivity contribution >= 4 is 11.8 Å². The van der Waals surface area contributed by atoms with Crippen molar-refractivity contribution in [1.82, 2.24) is 9.80 Å². The van der Waals surface area contributed by atoms with E-state index in [9.17, 15) is 9.59 Å². The lowest BCUT2D eigenvalue weighted by Crippen LogP contribution is -2.37. The summed E-state index contributed by atoms with van der Waals surface area (Å²) in [4.78, 5) is 25.7. The van der Waals surface area contributed by atoms with Crippen LogP contribution in [-0.2, 0) is 9.59 Å². The Balaban J connectivity index is 3.95. The molecule has 2 amide bonds. The monoisotopic (exact) mass is 240 g/mol. The first-order valence-electron chi connectivity index (χ1n) is 5.62. The molecule has 0 spiro atoms. The Labute approximate surface area is 102 Å². The van der Waals surface area contributed by atoms with E-state index in [1.54, 1.807) is 7.05 Å². The average Bonchev–Trinajstić information content (AvgIpc) is 2.30. The lowest BCUT2D eigenvalue weighted by Gasteiger charge is -2.20. The molecule has 17 heavy (non-hydrogen) atoms. The zero-order valence-electron chi connectivity index (χ0n) is 10.5. The van der Waals surface area contributed by atoms with Gasteiger partial charge in [0.2, 0.25) is 11.8 Å². The largest absolute Gasteiger partial charge is 0.369 e. The number of nitrogens with zero attached hydrogens (tertiary/aromatic N) is 3. The second kappa shape index (κ2) is 8.53. The summed E-state index contributed by atoms with van der Waals surface area (Å²) in [6, 6.07) is 1.99. The number of hydrogen-bond acceptors (Lipinski definition) is 4. The predicted octanol–water partition coefficient (Wildman–Crippen LogP) is -0.444. The van der Waals surface area contributed by atoms with Gasteiger partial charge >= 0.3 is 0 Å². The van der Waals surface area contributed by atoms with Crippen molar-refractivity contribution < 1.29 is 9.59 Å². The lowest BCUT2D eigenvalue weighted by molar-refractivity contribution is -0.130. The highest BCUT2D eigenvalue weighted by molar-refractivity contribution is 5.77. The summed E-state index contributed by atoms with van der Waals surface area (Å²) in [5.41, 5.74) is 5.09. The molecule has 6 heteroatoms. The summed E-state index contributed by atoms with van der Waals surface area (Å²) in [7, 11) is 1.67. The minimum Gasteiger partial charge on any atom is -0.369 e. The third-order valence-electron chi connectivity index (χ3n) is 2.45. The Bertz CT molecular complexity index is 298. The Morgan fingerprint density at radius 3 is 2.47 bits per heavy atom. The van der Waals surface area contributed by atoms with Gasteiger partial charge in [-0.15, -0.1) is 0 Å². The van der Waals surface area contributed by atoms with Gasteiger partial charge in [0.25, 0.3) is 0 Å². The topological polar surface area (TPSA) is 90.4 Å². The molecule has 0 aliphatic rings. The predicted molar refractivity (Wildman–Crippen MR) is 63.8 cm³/mol. The van der Waals surface area contributed by atoms with Crippen LogP contribution in [0.4, 0.5) is 0 Å². The van der Waals surface area contributed by atoms with E-state index in [4.69, 9.17) is 11.0 Å². The maximum Gasteiger partial charge on any atom is 0.231 e. The molecule has 0 saturated carbocycles. The van der Waals surface area contributed by atoms with Crippen LogP contribution in [0.2, 0.25) is 0 Å². The Morgan fingerprint density at radius 1 is 1.35 bits per heavy atom. The van der Waals surface area contributed by atoms with Crippen molar-refractivity contribution in [3.63, 3.8) is 0 Å². The van der Waals surface area contributed by atoms with E-state index in [0.717, 1.165) is 0 Å². The fourth-order valence-electron chi connectivity index (χ4n) is 1.36. The molecule has 0 atom stereocenters. The van der Waals surface area contributed by atoms with Crippen LogP contribution in [0.5, 0.6) is 0 Å². The molecule has 0 bridgehead atoms. The summed E-state index contributed by atoms with van der Waals surface area (Å²) < 4.78 is 0. The molecule has 2 N–H and O–H groups in total. The number of amides is 2. The summed E-state index contributed by atoms with van der Waals surface area (Å²) in [6.45, 7) is 3.71. The zero-order valence-corrected chi connectivity index (χ0v) is 10.5. The minimum absolute atomic E-state index is 0.0248. The fourth-order valence-corrected chi connectivity index (χ4v) is 1.36. The van der Waals surface area contributed by atoms with Gasteiger partial charge in [-0.05, 0) is 6.54 Å². The van der Waals surface area contributed by atoms with Crippen molar-refractivity contribution in [2.75, 3.05) is 33.2 Å². The van der Waals surface area contributed by atoms with Crippen LogP contribution in [0.3, 0.4) is 0 Å². The van der Waals surface area contributed by atoms with Crippen molar-refractivity contribution in [2.45, 2.75) is 19.8 Å². The van der Waals surface area contributed by atoms with E-state index < -0.39 is 5.91 Å². The van der Waals surface area contributed by atoms with E-state index >= 15 is 0 Å². The SMILES string of the molecule is CCN(CCC(=O)N(C)CCC#N)CC(N)=O. The number of primary amides is 1. The zero-order chi connectivity index (χ0) is 13.3. The van der Waals surface area contributed by atoms with E-state index in [0.29, 0.717) is 32.5 Å². The van der Waals surface area contributed by atoms with Crippen molar-refractivity contribution in [3.8, 4) is 6.07 Å². The van der Waals surface area contributed by atoms with Crippen LogP contribution < -0.4 is 5.73 Å². The van der Waals surface area contributed by atoms with Crippen LogP contribution in [0.1, 0.15) is 19.8 Å². The molecular weight excluding hydrogens is 220 g/mol. The molecule has 0 aliphatic carbocycles. The first-order valence-corrected chi connectivity index (χ1v) is 5.62. The molecule has 0 radical (unpaired) electrons. The van der Waals surface area contributed by atoms with Crippen LogP contribution in [-0.4, -0.2) is 54.8 Å². The summed E-state index contributed by atoms with van der Waals surface area (Å²) in [5.74, 6) is -0.416. The van der Waals surface area contributed by atoms with Crippen LogP contribution in [0.25, 0.3) is 0 Å². The smallest absolute Gasteiger partial charge is 0.231 e. The van der Waals surface area contributed by atoms with Gasteiger partial charge in [0, 0.05) is 26.6 Å². The Kier molecular flexibility index (Phi) is 7.72. The van der Waals surface area contributed by atoms with Gasteiger partial charge in [-0.3, -0.25) is 14.5 Å². The van der Waals surface area contributed by atoms with Gasteiger partial charge in [-0.2, -0.15) is 5.26 Å². The standard InChI is InChI=1S/C11H20N4O2/c1-3-15(9-10(13)16)8-5-11(17)14(2)7-4-6-12/h3-5,7-9H2,1-2H3,(H2,13,16). The normalized spacial score (nSPS) is 10.0. The van der Waals surface area contributed by atoms with Gasteiger partial charge < -0.3 is 10.6 Å². The average molecular weight is 240 g/mol. The first-order chi connectivity index (χ1) is 8.01. The number of carbonyl (C=O) groups excluding carboxylic acids is 2. The van der Waals surface area contributed by atoms with Crippen LogP contribution in [0.15, 0.2) is 0 Å². The lowest BCUT2D eigenvalue weighted by atomic mass is 10.3. The number of hydrogen-bond donors (Lipinski definition) is 1. The van der Waals surface area contributed by atoms with Crippen molar-refractivity contribution in [1.29, 1.82) is 5.26 Å². The van der Waals surface area contributed by atoms with E-state index in [-0.39, 0.29) is 12.5 Å². The minimum atomic E-state index is -0.392. The second-order valence-corrected chi connectivity index (χ2v) is 3.81. The van der Waals surface area contributed by atoms with Crippen molar-refractivity contribution in [3.05, 3.63) is 0 Å². The van der Waals surface area contributed by atoms with E-state index in [2.05, 4.69) is 0 Å². The first kappa shape index (κ1) is 15.4. The van der Waals surface area contributed by atoms with Gasteiger partial charge in [0.05, 0.1) is 19.0 Å². The number of likely N-dealkylation sites (N-methyl/N-ethyl adjacent to an activating group) is 1. The molecule has 0 fully saturated rings. The summed E-state index contributed by atoms with van der Waals surface area (Å²) in [5, 5.41) is 8.40. The molecule has 96 valence electrons. The highest BCUT2D eigenvalue weighted by atomic mass is 16.2. The maximum absolute atomic E-state index is 11.6. The molecular formula is C11H20N4O2. The molecule has 0 unspecified atom stereocenters. The van der Waals surface area contributed by atoms with Crippen LogP contribution in [0, 0.1) is 11.3 Å². The number of nitrogens with two attached hydrogens (primary N) is 1. The fraction of sp³-hybridized carbons (Fsp3) is 0.727. The van der Waals surface area contributed by atoms with E-state index in [1.165, 1.54) is 4.90 Å². The highest BCUT2D eigenvalue weighted by Crippen LogP contribution is 1.96. The summed E-state index contributed by atoms with van der Waals surface area (Å²) >= 11 is 0. The molecule has 0 saturated heterocycles. The molecule has 0 aromatic carbocycles. The molecule has 0 aliphatic heterocycles. The number of rotatable bonds is 8. The number of carbonyl (C=O) groups is 2. The third kappa shape index (κ3) is 7.30. The van der Waals surface area contributed by atoms with Gasteiger partial charge in [-0.1, -0.05) is 6.92 Å². The summed E-state index contributed by atoms with van der Waals surface area (Å²) in [6.07, 6.45) is 0.671. The Hall–Kier alpha value is -1.61. The highest BCUT2D eigenvalue weighted by Gasteiger charge is 2.11. The molecule has 0 aromatic heterocycles. The molecule has 6 nitrogen and oxygen atoms in total. The molecule has 0 heterocycles.